The van der Waals surface area contributed by atoms with Crippen LogP contribution in [0.3, 0.4) is 0 Å². The van der Waals surface area contributed by atoms with Crippen LogP contribution in [0.25, 0.3) is 22.3 Å². The molecule has 1 fully saturated rings. The van der Waals surface area contributed by atoms with E-state index >= 15 is 0 Å². The molecule has 0 bridgehead atoms. The Morgan fingerprint density at radius 3 is 2.41 bits per heavy atom. The quantitative estimate of drug-likeness (QED) is 0.595. The molecule has 0 atom stereocenters. The molecule has 2 aromatic heterocycles. The summed E-state index contributed by atoms with van der Waals surface area (Å²) < 4.78 is 54.0. The molecular formula is C20H18F4N4O. The molecule has 0 radical (unpaired) electrons. The predicted molar refractivity (Wildman–Crippen MR) is 98.6 cm³/mol. The maximum absolute atomic E-state index is 14.6. The molecule has 0 unspecified atom stereocenters. The molecule has 1 aliphatic carbocycles. The van der Waals surface area contributed by atoms with Crippen molar-refractivity contribution in [1.82, 2.24) is 19.5 Å². The highest BCUT2D eigenvalue weighted by Crippen LogP contribution is 2.30. The summed E-state index contributed by atoms with van der Waals surface area (Å²) in [7, 11) is 0. The number of aryl methyl sites for hydroxylation is 1. The first-order valence-electron chi connectivity index (χ1n) is 9.41. The van der Waals surface area contributed by atoms with Gasteiger partial charge in [0, 0.05) is 18.9 Å². The summed E-state index contributed by atoms with van der Waals surface area (Å²) in [6, 6.07) is 2.34. The Kier molecular flexibility index (Phi) is 5.06. The van der Waals surface area contributed by atoms with E-state index in [4.69, 9.17) is 0 Å². The van der Waals surface area contributed by atoms with E-state index < -0.39 is 17.6 Å². The zero-order valence-corrected chi connectivity index (χ0v) is 15.4. The maximum Gasteiger partial charge on any atom is 0.419 e. The van der Waals surface area contributed by atoms with Gasteiger partial charge in [-0.2, -0.15) is 13.2 Å². The first-order valence-corrected chi connectivity index (χ1v) is 9.41. The van der Waals surface area contributed by atoms with E-state index in [9.17, 15) is 22.4 Å². The second-order valence-electron chi connectivity index (χ2n) is 7.32. The molecule has 1 aromatic carbocycles. The minimum absolute atomic E-state index is 0.109. The zero-order chi connectivity index (χ0) is 20.6. The molecule has 5 nitrogen and oxygen atoms in total. The van der Waals surface area contributed by atoms with Gasteiger partial charge in [0.25, 0.3) is 5.56 Å². The van der Waals surface area contributed by atoms with Crippen LogP contribution >= 0.6 is 0 Å². The molecule has 3 aromatic rings. The summed E-state index contributed by atoms with van der Waals surface area (Å²) in [5.41, 5.74) is -1.23. The van der Waals surface area contributed by atoms with Crippen molar-refractivity contribution in [3.8, 4) is 11.4 Å². The van der Waals surface area contributed by atoms with Crippen LogP contribution in [0.1, 0.15) is 37.7 Å². The van der Waals surface area contributed by atoms with Gasteiger partial charge < -0.3 is 0 Å². The number of benzene rings is 1. The van der Waals surface area contributed by atoms with Gasteiger partial charge in [-0.1, -0.05) is 25.7 Å². The van der Waals surface area contributed by atoms with Crippen molar-refractivity contribution in [1.29, 1.82) is 0 Å². The number of alkyl halides is 3. The van der Waals surface area contributed by atoms with Gasteiger partial charge in [0.2, 0.25) is 0 Å². The topological polar surface area (TPSA) is 60.7 Å². The molecule has 1 saturated carbocycles. The highest BCUT2D eigenvalue weighted by atomic mass is 19.4. The van der Waals surface area contributed by atoms with Crippen molar-refractivity contribution in [2.75, 3.05) is 0 Å². The van der Waals surface area contributed by atoms with E-state index in [1.54, 1.807) is 0 Å². The smallest absolute Gasteiger partial charge is 0.299 e. The number of nitrogens with zero attached hydrogens (tertiary/aromatic N) is 4. The van der Waals surface area contributed by atoms with Gasteiger partial charge in [0.05, 0.1) is 28.4 Å². The van der Waals surface area contributed by atoms with Crippen molar-refractivity contribution in [2.24, 2.45) is 5.92 Å². The van der Waals surface area contributed by atoms with Crippen molar-refractivity contribution < 1.29 is 17.6 Å². The Morgan fingerprint density at radius 1 is 1.07 bits per heavy atom. The van der Waals surface area contributed by atoms with E-state index in [-0.39, 0.29) is 27.9 Å². The summed E-state index contributed by atoms with van der Waals surface area (Å²) in [6.07, 6.45) is 3.70. The van der Waals surface area contributed by atoms with Crippen LogP contribution in [-0.4, -0.2) is 19.5 Å². The Hall–Kier alpha value is -2.84. The summed E-state index contributed by atoms with van der Waals surface area (Å²) in [6.45, 7) is 0.526. The molecule has 9 heteroatoms. The number of aromatic nitrogens is 4. The monoisotopic (exact) mass is 406 g/mol. The molecule has 0 amide bonds. The van der Waals surface area contributed by atoms with Crippen LogP contribution in [0, 0.1) is 11.7 Å². The number of hydrogen-bond acceptors (Lipinski definition) is 4. The predicted octanol–water partition coefficient (Wildman–Crippen LogP) is 4.59. The van der Waals surface area contributed by atoms with Crippen LogP contribution in [0.15, 0.2) is 35.6 Å². The van der Waals surface area contributed by atoms with Gasteiger partial charge in [-0.25, -0.2) is 19.3 Å². The fraction of sp³-hybridized carbons (Fsp3) is 0.400. The minimum Gasteiger partial charge on any atom is -0.299 e. The molecule has 0 aliphatic heterocycles. The van der Waals surface area contributed by atoms with Crippen LogP contribution in [0.5, 0.6) is 0 Å². The van der Waals surface area contributed by atoms with E-state index in [0.717, 1.165) is 12.5 Å². The van der Waals surface area contributed by atoms with Gasteiger partial charge in [-0.3, -0.25) is 9.36 Å². The van der Waals surface area contributed by atoms with Gasteiger partial charge in [0.1, 0.15) is 5.82 Å². The Labute approximate surface area is 163 Å². The Bertz CT molecular complexity index is 1090. The number of hydrogen-bond donors (Lipinski definition) is 0. The standard InChI is InChI=1S/C20H18F4N4O/c21-16-7-15-17(8-14(16)18-25-9-13(10-26-18)20(22,23)24)27-11-28(19(15)29)6-5-12-3-1-2-4-12/h7-12H,1-6H2. The van der Waals surface area contributed by atoms with Crippen LogP contribution in [-0.2, 0) is 12.7 Å². The molecule has 2 heterocycles. The average molecular weight is 406 g/mol. The highest BCUT2D eigenvalue weighted by molar-refractivity contribution is 5.82. The van der Waals surface area contributed by atoms with E-state index in [0.29, 0.717) is 24.9 Å². The third-order valence-electron chi connectivity index (χ3n) is 5.39. The third kappa shape index (κ3) is 3.99. The summed E-state index contributed by atoms with van der Waals surface area (Å²) in [5, 5.41) is 0.118. The van der Waals surface area contributed by atoms with Gasteiger partial charge in [-0.15, -0.1) is 0 Å². The normalized spacial score (nSPS) is 15.3. The molecule has 152 valence electrons. The molecule has 29 heavy (non-hydrogen) atoms. The fourth-order valence-electron chi connectivity index (χ4n) is 3.74. The molecule has 0 N–H and O–H groups in total. The van der Waals surface area contributed by atoms with Gasteiger partial charge >= 0.3 is 6.18 Å². The zero-order valence-electron chi connectivity index (χ0n) is 15.4. The lowest BCUT2D eigenvalue weighted by Gasteiger charge is -2.11. The van der Waals surface area contributed by atoms with E-state index in [1.807, 2.05) is 0 Å². The van der Waals surface area contributed by atoms with Crippen LogP contribution < -0.4 is 5.56 Å². The lowest BCUT2D eigenvalue weighted by molar-refractivity contribution is -0.138. The lowest BCUT2D eigenvalue weighted by Crippen LogP contribution is -2.22. The maximum atomic E-state index is 14.6. The van der Waals surface area contributed by atoms with Crippen molar-refractivity contribution >= 4 is 10.9 Å². The summed E-state index contributed by atoms with van der Waals surface area (Å²) in [5.74, 6) is -0.386. The second-order valence-corrected chi connectivity index (χ2v) is 7.32. The minimum atomic E-state index is -4.58. The molecule has 1 aliphatic rings. The lowest BCUT2D eigenvalue weighted by atomic mass is 10.0. The molecular weight excluding hydrogens is 388 g/mol. The van der Waals surface area contributed by atoms with E-state index in [1.165, 1.54) is 42.6 Å². The molecule has 0 spiro atoms. The first-order chi connectivity index (χ1) is 13.8. The van der Waals surface area contributed by atoms with Crippen LogP contribution in [0.2, 0.25) is 0 Å². The van der Waals surface area contributed by atoms with Crippen molar-refractivity contribution in [3.05, 3.63) is 52.6 Å². The van der Waals surface area contributed by atoms with Gasteiger partial charge in [-0.05, 0) is 24.5 Å². The SMILES string of the molecule is O=c1c2cc(F)c(-c3ncc(C(F)(F)F)cn3)cc2ncn1CCC1CCCC1. The number of fused-ring (bicyclic) bond motifs is 1. The number of rotatable bonds is 4. The fourth-order valence-corrected chi connectivity index (χ4v) is 3.74. The average Bonchev–Trinajstić information content (AvgIpc) is 3.21. The van der Waals surface area contributed by atoms with Crippen LogP contribution in [0.4, 0.5) is 17.6 Å². The van der Waals surface area contributed by atoms with Gasteiger partial charge in [0.15, 0.2) is 5.82 Å². The summed E-state index contributed by atoms with van der Waals surface area (Å²) >= 11 is 0. The third-order valence-corrected chi connectivity index (χ3v) is 5.39. The Balaban J connectivity index is 1.65. The second kappa shape index (κ2) is 7.53. The summed E-state index contributed by atoms with van der Waals surface area (Å²) in [4.78, 5) is 24.1. The van der Waals surface area contributed by atoms with Crippen molar-refractivity contribution in [3.63, 3.8) is 0 Å². The van der Waals surface area contributed by atoms with E-state index in [2.05, 4.69) is 15.0 Å². The molecule has 4 rings (SSSR count). The number of halogens is 4. The highest BCUT2D eigenvalue weighted by Gasteiger charge is 2.31. The largest absolute Gasteiger partial charge is 0.419 e. The Morgan fingerprint density at radius 2 is 1.76 bits per heavy atom. The first kappa shape index (κ1) is 19.5. The van der Waals surface area contributed by atoms with Crippen molar-refractivity contribution in [2.45, 2.75) is 44.8 Å². The molecule has 0 saturated heterocycles.